The number of amides is 2. The Kier molecular flexibility index (Phi) is 7.31. The summed E-state index contributed by atoms with van der Waals surface area (Å²) in [5.41, 5.74) is 6.44. The standard InChI is InChI=1S/C20H23N3O3S/c1-13(2)11-12-26-17-10-6-4-8-15(17)19(25)23-20(27)22-16-9-5-3-7-14(16)18(21)24/h3-10,13H,11-12H2,1-2H3,(H2,21,24)(H2,22,23,25,27). The lowest BCUT2D eigenvalue weighted by Crippen LogP contribution is -2.35. The van der Waals surface area contributed by atoms with E-state index in [-0.39, 0.29) is 10.7 Å². The van der Waals surface area contributed by atoms with E-state index in [0.717, 1.165) is 6.42 Å². The normalized spacial score (nSPS) is 10.3. The second-order valence-electron chi connectivity index (χ2n) is 6.35. The first-order valence-electron chi connectivity index (χ1n) is 8.61. The van der Waals surface area contributed by atoms with Gasteiger partial charge in [0.2, 0.25) is 0 Å². The molecule has 0 spiro atoms. The molecule has 6 nitrogen and oxygen atoms in total. The van der Waals surface area contributed by atoms with Gasteiger partial charge in [0.15, 0.2) is 5.11 Å². The third kappa shape index (κ3) is 6.07. The van der Waals surface area contributed by atoms with Gasteiger partial charge in [0.05, 0.1) is 23.4 Å². The Morgan fingerprint density at radius 1 is 1.07 bits per heavy atom. The van der Waals surface area contributed by atoms with Crippen LogP contribution in [0.25, 0.3) is 0 Å². The summed E-state index contributed by atoms with van der Waals surface area (Å²) in [6, 6.07) is 13.6. The van der Waals surface area contributed by atoms with Crippen molar-refractivity contribution in [3.63, 3.8) is 0 Å². The smallest absolute Gasteiger partial charge is 0.261 e. The monoisotopic (exact) mass is 385 g/mol. The van der Waals surface area contributed by atoms with Gasteiger partial charge in [-0.1, -0.05) is 38.1 Å². The van der Waals surface area contributed by atoms with Crippen molar-refractivity contribution >= 4 is 34.8 Å². The van der Waals surface area contributed by atoms with Crippen LogP contribution in [0.1, 0.15) is 41.0 Å². The van der Waals surface area contributed by atoms with Crippen molar-refractivity contribution in [2.75, 3.05) is 11.9 Å². The Morgan fingerprint density at radius 3 is 2.37 bits per heavy atom. The number of anilines is 1. The summed E-state index contributed by atoms with van der Waals surface area (Å²) in [6.45, 7) is 4.74. The van der Waals surface area contributed by atoms with E-state index >= 15 is 0 Å². The van der Waals surface area contributed by atoms with Crippen molar-refractivity contribution in [2.45, 2.75) is 20.3 Å². The molecule has 0 aliphatic rings. The van der Waals surface area contributed by atoms with Gasteiger partial charge in [-0.05, 0) is 48.8 Å². The number of ether oxygens (including phenoxy) is 1. The Hall–Kier alpha value is -2.93. The summed E-state index contributed by atoms with van der Waals surface area (Å²) in [6.07, 6.45) is 0.889. The van der Waals surface area contributed by atoms with Crippen LogP contribution in [0.3, 0.4) is 0 Å². The number of benzene rings is 2. The molecule has 0 aliphatic carbocycles. The second-order valence-corrected chi connectivity index (χ2v) is 6.75. The highest BCUT2D eigenvalue weighted by Gasteiger charge is 2.15. The maximum absolute atomic E-state index is 12.6. The molecule has 7 heteroatoms. The molecular weight excluding hydrogens is 362 g/mol. The fourth-order valence-electron chi connectivity index (χ4n) is 2.32. The molecule has 4 N–H and O–H groups in total. The van der Waals surface area contributed by atoms with Gasteiger partial charge in [-0.15, -0.1) is 0 Å². The fraction of sp³-hybridized carbons (Fsp3) is 0.250. The molecule has 2 aromatic carbocycles. The predicted molar refractivity (Wildman–Crippen MR) is 110 cm³/mol. The van der Waals surface area contributed by atoms with E-state index in [0.29, 0.717) is 29.5 Å². The minimum atomic E-state index is -0.587. The summed E-state index contributed by atoms with van der Waals surface area (Å²) in [5.74, 6) is 0.0180. The minimum Gasteiger partial charge on any atom is -0.493 e. The molecule has 2 amide bonds. The molecule has 27 heavy (non-hydrogen) atoms. The van der Waals surface area contributed by atoms with Crippen LogP contribution in [0, 0.1) is 5.92 Å². The molecule has 2 aromatic rings. The molecule has 0 heterocycles. The van der Waals surface area contributed by atoms with Crippen LogP contribution < -0.4 is 21.1 Å². The number of carbonyl (C=O) groups is 2. The topological polar surface area (TPSA) is 93.4 Å². The van der Waals surface area contributed by atoms with E-state index in [1.54, 1.807) is 48.5 Å². The Bertz CT molecular complexity index is 837. The molecule has 0 saturated heterocycles. The maximum atomic E-state index is 12.6. The van der Waals surface area contributed by atoms with Crippen molar-refractivity contribution in [3.8, 4) is 5.75 Å². The van der Waals surface area contributed by atoms with Gasteiger partial charge >= 0.3 is 0 Å². The second kappa shape index (κ2) is 9.68. The number of nitrogens with one attached hydrogen (secondary N) is 2. The number of thiocarbonyl (C=S) groups is 1. The highest BCUT2D eigenvalue weighted by Crippen LogP contribution is 2.19. The Labute approximate surface area is 164 Å². The summed E-state index contributed by atoms with van der Waals surface area (Å²) < 4.78 is 5.73. The largest absolute Gasteiger partial charge is 0.493 e. The number of rotatable bonds is 7. The summed E-state index contributed by atoms with van der Waals surface area (Å²) in [5, 5.41) is 5.49. The van der Waals surface area contributed by atoms with E-state index in [2.05, 4.69) is 24.5 Å². The molecular formula is C20H23N3O3S. The zero-order valence-electron chi connectivity index (χ0n) is 15.3. The van der Waals surface area contributed by atoms with Gasteiger partial charge in [0.1, 0.15) is 5.75 Å². The van der Waals surface area contributed by atoms with Crippen LogP contribution in [-0.4, -0.2) is 23.5 Å². The van der Waals surface area contributed by atoms with Gasteiger partial charge in [-0.25, -0.2) is 0 Å². The quantitative estimate of drug-likeness (QED) is 0.636. The molecule has 0 atom stereocenters. The number of primary amides is 1. The lowest BCUT2D eigenvalue weighted by Gasteiger charge is -2.14. The third-order valence-electron chi connectivity index (χ3n) is 3.75. The van der Waals surface area contributed by atoms with E-state index in [4.69, 9.17) is 22.7 Å². The SMILES string of the molecule is CC(C)CCOc1ccccc1C(=O)NC(=S)Nc1ccccc1C(N)=O. The van der Waals surface area contributed by atoms with Gasteiger partial charge in [0, 0.05) is 0 Å². The molecule has 0 radical (unpaired) electrons. The average molecular weight is 385 g/mol. The van der Waals surface area contributed by atoms with E-state index < -0.39 is 11.8 Å². The van der Waals surface area contributed by atoms with Gasteiger partial charge in [-0.3, -0.25) is 14.9 Å². The van der Waals surface area contributed by atoms with Crippen molar-refractivity contribution in [3.05, 3.63) is 59.7 Å². The van der Waals surface area contributed by atoms with Crippen LogP contribution in [0.5, 0.6) is 5.75 Å². The molecule has 142 valence electrons. The Morgan fingerprint density at radius 2 is 1.70 bits per heavy atom. The number of hydrogen-bond acceptors (Lipinski definition) is 4. The first kappa shape index (κ1) is 20.4. The number of para-hydroxylation sites is 2. The number of hydrogen-bond donors (Lipinski definition) is 3. The number of carbonyl (C=O) groups excluding carboxylic acids is 2. The van der Waals surface area contributed by atoms with Crippen molar-refractivity contribution in [1.82, 2.24) is 5.32 Å². The molecule has 0 saturated carbocycles. The lowest BCUT2D eigenvalue weighted by molar-refractivity contribution is 0.0971. The fourth-order valence-corrected chi connectivity index (χ4v) is 2.52. The predicted octanol–water partition coefficient (Wildman–Crippen LogP) is 3.34. The first-order chi connectivity index (χ1) is 12.9. The van der Waals surface area contributed by atoms with Crippen LogP contribution in [0.15, 0.2) is 48.5 Å². The van der Waals surface area contributed by atoms with Crippen molar-refractivity contribution < 1.29 is 14.3 Å². The van der Waals surface area contributed by atoms with E-state index in [9.17, 15) is 9.59 Å². The molecule has 0 aromatic heterocycles. The number of nitrogens with two attached hydrogens (primary N) is 1. The van der Waals surface area contributed by atoms with Crippen LogP contribution in [-0.2, 0) is 0 Å². The molecule has 0 bridgehead atoms. The van der Waals surface area contributed by atoms with Crippen molar-refractivity contribution in [2.24, 2.45) is 11.7 Å². The maximum Gasteiger partial charge on any atom is 0.261 e. The third-order valence-corrected chi connectivity index (χ3v) is 3.96. The summed E-state index contributed by atoms with van der Waals surface area (Å²) >= 11 is 5.19. The average Bonchev–Trinajstić information content (AvgIpc) is 2.62. The molecule has 0 aliphatic heterocycles. The molecule has 2 rings (SSSR count). The molecule has 0 unspecified atom stereocenters. The van der Waals surface area contributed by atoms with Gasteiger partial charge in [-0.2, -0.15) is 0 Å². The highest BCUT2D eigenvalue weighted by molar-refractivity contribution is 7.80. The van der Waals surface area contributed by atoms with E-state index in [1.807, 2.05) is 0 Å². The summed E-state index contributed by atoms with van der Waals surface area (Å²) in [7, 11) is 0. The van der Waals surface area contributed by atoms with Gasteiger partial charge < -0.3 is 15.8 Å². The van der Waals surface area contributed by atoms with Crippen LogP contribution in [0.4, 0.5) is 5.69 Å². The summed E-state index contributed by atoms with van der Waals surface area (Å²) in [4.78, 5) is 24.0. The molecule has 0 fully saturated rings. The lowest BCUT2D eigenvalue weighted by atomic mass is 10.1. The minimum absolute atomic E-state index is 0.0608. The Balaban J connectivity index is 2.05. The van der Waals surface area contributed by atoms with Crippen LogP contribution >= 0.6 is 12.2 Å². The van der Waals surface area contributed by atoms with Gasteiger partial charge in [0.25, 0.3) is 11.8 Å². The highest BCUT2D eigenvalue weighted by atomic mass is 32.1. The first-order valence-corrected chi connectivity index (χ1v) is 9.02. The van der Waals surface area contributed by atoms with Crippen LogP contribution in [0.2, 0.25) is 0 Å². The zero-order chi connectivity index (χ0) is 19.8. The van der Waals surface area contributed by atoms with Crippen molar-refractivity contribution in [1.29, 1.82) is 0 Å². The van der Waals surface area contributed by atoms with E-state index in [1.165, 1.54) is 0 Å². The zero-order valence-corrected chi connectivity index (χ0v) is 16.1.